The second-order valence-corrected chi connectivity index (χ2v) is 29.2. The number of hydrogen-bond acceptors (Lipinski definition) is 18. The highest BCUT2D eigenvalue weighted by Crippen LogP contribution is 2.33. The quantitative estimate of drug-likeness (QED) is 0.0199. The minimum Gasteiger partial charge on any atom is -0.394 e. The number of hydrogen-bond donors (Lipinski definition) is 12. The second-order valence-electron chi connectivity index (χ2n) is 29.2. The number of carbonyl (C=O) groups excluding carboxylic acids is 1. The first-order chi connectivity index (χ1) is 49.3. The summed E-state index contributed by atoms with van der Waals surface area (Å²) in [5, 5.41) is 121. The lowest BCUT2D eigenvalue weighted by Gasteiger charge is -2.48. The number of unbranched alkanes of at least 4 members (excludes halogenated alkanes) is 41. The van der Waals surface area contributed by atoms with Crippen LogP contribution in [0.15, 0.2) is 60.8 Å². The van der Waals surface area contributed by atoms with Gasteiger partial charge in [0.05, 0.1) is 38.6 Å². The van der Waals surface area contributed by atoms with Crippen molar-refractivity contribution in [1.82, 2.24) is 5.32 Å². The zero-order valence-electron chi connectivity index (χ0n) is 63.1. The molecule has 19 nitrogen and oxygen atoms in total. The van der Waals surface area contributed by atoms with Crippen LogP contribution in [0.4, 0.5) is 0 Å². The number of allylic oxidation sites excluding steroid dienone is 9. The van der Waals surface area contributed by atoms with E-state index in [0.29, 0.717) is 12.8 Å². The van der Waals surface area contributed by atoms with Crippen LogP contribution in [0.2, 0.25) is 0 Å². The number of aliphatic hydroxyl groups excluding tert-OH is 11. The molecule has 3 aliphatic heterocycles. The highest BCUT2D eigenvalue weighted by Gasteiger charge is 2.54. The zero-order chi connectivity index (χ0) is 73.2. The van der Waals surface area contributed by atoms with Gasteiger partial charge in [0.2, 0.25) is 5.91 Å². The van der Waals surface area contributed by atoms with Crippen LogP contribution in [0.25, 0.3) is 0 Å². The highest BCUT2D eigenvalue weighted by molar-refractivity contribution is 5.76. The molecule has 0 aliphatic carbocycles. The van der Waals surface area contributed by atoms with Gasteiger partial charge in [-0.2, -0.15) is 0 Å². The molecule has 17 atom stereocenters. The van der Waals surface area contributed by atoms with Gasteiger partial charge in [0.25, 0.3) is 0 Å². The van der Waals surface area contributed by atoms with E-state index in [1.54, 1.807) is 6.08 Å². The third kappa shape index (κ3) is 42.6. The Morgan fingerprint density at radius 2 is 0.663 bits per heavy atom. The molecule has 101 heavy (non-hydrogen) atoms. The Bertz CT molecular complexity index is 2060. The Kier molecular flexibility index (Phi) is 57.4. The first kappa shape index (κ1) is 92.7. The zero-order valence-corrected chi connectivity index (χ0v) is 63.1. The van der Waals surface area contributed by atoms with Crippen LogP contribution >= 0.6 is 0 Å². The molecule has 3 rings (SSSR count). The largest absolute Gasteiger partial charge is 0.394 e. The summed E-state index contributed by atoms with van der Waals surface area (Å²) >= 11 is 0. The lowest BCUT2D eigenvalue weighted by molar-refractivity contribution is -0.379. The summed E-state index contributed by atoms with van der Waals surface area (Å²) in [6.07, 6.45) is 53.6. The van der Waals surface area contributed by atoms with E-state index >= 15 is 0 Å². The fourth-order valence-corrected chi connectivity index (χ4v) is 13.7. The summed E-state index contributed by atoms with van der Waals surface area (Å²) < 4.78 is 34.4. The van der Waals surface area contributed by atoms with E-state index in [-0.39, 0.29) is 18.9 Å². The van der Waals surface area contributed by atoms with Crippen molar-refractivity contribution in [2.45, 2.75) is 426 Å². The molecule has 0 aromatic rings. The van der Waals surface area contributed by atoms with Crippen LogP contribution in [0.1, 0.15) is 322 Å². The third-order valence-electron chi connectivity index (χ3n) is 20.3. The predicted molar refractivity (Wildman–Crippen MR) is 402 cm³/mol. The number of carbonyl (C=O) groups is 1. The monoisotopic (exact) mass is 1440 g/mol. The summed E-state index contributed by atoms with van der Waals surface area (Å²) in [5.41, 5.74) is 0. The maximum atomic E-state index is 13.5. The normalized spacial score (nSPS) is 26.6. The second kappa shape index (κ2) is 62.5. The maximum absolute atomic E-state index is 13.5. The number of rotatable bonds is 65. The number of ether oxygens (including phenoxy) is 6. The molecule has 0 aromatic heterocycles. The van der Waals surface area contributed by atoms with E-state index in [9.17, 15) is 61.0 Å². The van der Waals surface area contributed by atoms with Crippen LogP contribution in [-0.2, 0) is 33.2 Å². The minimum atomic E-state index is -1.98. The molecular weight excluding hydrogens is 1290 g/mol. The van der Waals surface area contributed by atoms with Gasteiger partial charge in [0.1, 0.15) is 73.2 Å². The van der Waals surface area contributed by atoms with Gasteiger partial charge >= 0.3 is 0 Å². The first-order valence-electron chi connectivity index (χ1n) is 41.0. The van der Waals surface area contributed by atoms with Crippen LogP contribution in [0.5, 0.6) is 0 Å². The number of amides is 1. The molecule has 0 spiro atoms. The molecule has 3 aliphatic rings. The van der Waals surface area contributed by atoms with Crippen molar-refractivity contribution >= 4 is 5.91 Å². The van der Waals surface area contributed by atoms with E-state index < -0.39 is 124 Å². The van der Waals surface area contributed by atoms with Crippen LogP contribution in [0, 0.1) is 0 Å². The Hall–Kier alpha value is -2.51. The fraction of sp³-hybridized carbons (Fsp3) is 0.866. The summed E-state index contributed by atoms with van der Waals surface area (Å²) in [6.45, 7) is 1.74. The summed E-state index contributed by atoms with van der Waals surface area (Å²) in [5.74, 6) is -0.285. The molecule has 0 bridgehead atoms. The average molecular weight is 1440 g/mol. The molecule has 1 amide bonds. The van der Waals surface area contributed by atoms with Crippen molar-refractivity contribution in [3.63, 3.8) is 0 Å². The van der Waals surface area contributed by atoms with Crippen molar-refractivity contribution in [1.29, 1.82) is 0 Å². The molecular formula is C82H149NO18. The topological polar surface area (TPSA) is 307 Å². The molecule has 590 valence electrons. The van der Waals surface area contributed by atoms with Gasteiger partial charge in [-0.15, -0.1) is 0 Å². The van der Waals surface area contributed by atoms with Crippen molar-refractivity contribution in [2.24, 2.45) is 0 Å². The number of nitrogens with one attached hydrogen (secondary N) is 1. The fourth-order valence-electron chi connectivity index (χ4n) is 13.7. The Balaban J connectivity index is 1.37. The van der Waals surface area contributed by atoms with Crippen molar-refractivity contribution in [3.8, 4) is 0 Å². The molecule has 0 radical (unpaired) electrons. The lowest BCUT2D eigenvalue weighted by atomic mass is 9.96. The molecule has 19 heteroatoms. The lowest BCUT2D eigenvalue weighted by Crippen LogP contribution is -2.66. The average Bonchev–Trinajstić information content (AvgIpc) is 0.783. The predicted octanol–water partition coefficient (Wildman–Crippen LogP) is 13.8. The van der Waals surface area contributed by atoms with Gasteiger partial charge in [-0.3, -0.25) is 4.79 Å². The van der Waals surface area contributed by atoms with Gasteiger partial charge in [0.15, 0.2) is 18.9 Å². The third-order valence-corrected chi connectivity index (χ3v) is 20.3. The van der Waals surface area contributed by atoms with Crippen LogP contribution in [-0.4, -0.2) is 193 Å². The van der Waals surface area contributed by atoms with Crippen LogP contribution < -0.4 is 5.32 Å². The molecule has 3 saturated heterocycles. The van der Waals surface area contributed by atoms with Gasteiger partial charge in [0, 0.05) is 6.42 Å². The molecule has 0 saturated carbocycles. The van der Waals surface area contributed by atoms with E-state index in [0.717, 1.165) is 51.4 Å². The highest BCUT2D eigenvalue weighted by atomic mass is 16.8. The SMILES string of the molecule is CCCCCCC/C=C\C/C=C\CCCCCCCCCCCCCCCCCCCCCCCC(=O)NC(COC1OC(CO)C(OC2OC(CO)C(OC3OC(CO)C(O)C(O)C3O)C(O)C2O)C(O)C1O)C(O)/C=C/CC/C=C/CC/C=C/CCCCCCCCCCCCCCC. The summed E-state index contributed by atoms with van der Waals surface area (Å²) in [6, 6.07) is -0.998. The molecule has 12 N–H and O–H groups in total. The van der Waals surface area contributed by atoms with E-state index in [2.05, 4.69) is 67.8 Å². The standard InChI is InChI=1S/C82H149NO18/c1-3-5-7-9-11-13-15-17-19-21-23-25-27-28-29-30-31-32-33-34-35-36-38-40-42-44-46-48-50-52-54-56-58-60-70(88)83-65(66(87)59-57-55-53-51-49-47-45-43-41-39-37-26-24-22-20-18-16-14-12-10-8-6-4-2)64-96-80-76(94)73(91)78(68(62-85)98-80)101-82-77(95)74(92)79(69(63-86)99-82)100-81-75(93)72(90)71(89)67(61-84)97-81/h15,17,21,23,41,43,49,51,57,59,65-69,71-82,84-87,89-95H,3-14,16,18-20,22,24-40,42,44-48,50,52-56,58,60-64H2,1-2H3,(H,83,88)/b17-15-,23-21-,43-41+,51-49+,59-57+. The van der Waals surface area contributed by atoms with Crippen molar-refractivity contribution in [3.05, 3.63) is 60.8 Å². The van der Waals surface area contributed by atoms with Crippen LogP contribution in [0.3, 0.4) is 0 Å². The smallest absolute Gasteiger partial charge is 0.220 e. The molecule has 3 fully saturated rings. The molecule has 3 heterocycles. The van der Waals surface area contributed by atoms with Crippen molar-refractivity contribution < 1.29 is 89.4 Å². The van der Waals surface area contributed by atoms with Gasteiger partial charge < -0.3 is 89.9 Å². The Labute approximate surface area is 611 Å². The van der Waals surface area contributed by atoms with Crippen molar-refractivity contribution in [2.75, 3.05) is 26.4 Å². The summed E-state index contributed by atoms with van der Waals surface area (Å²) in [4.78, 5) is 13.5. The van der Waals surface area contributed by atoms with E-state index in [1.165, 1.54) is 238 Å². The first-order valence-corrected chi connectivity index (χ1v) is 41.0. The minimum absolute atomic E-state index is 0.233. The van der Waals surface area contributed by atoms with Gasteiger partial charge in [-0.1, -0.05) is 299 Å². The van der Waals surface area contributed by atoms with E-state index in [4.69, 9.17) is 28.4 Å². The van der Waals surface area contributed by atoms with Gasteiger partial charge in [-0.25, -0.2) is 0 Å². The molecule has 0 aromatic carbocycles. The van der Waals surface area contributed by atoms with E-state index in [1.807, 2.05) is 6.08 Å². The molecule has 17 unspecified atom stereocenters. The summed E-state index contributed by atoms with van der Waals surface area (Å²) in [7, 11) is 0. The maximum Gasteiger partial charge on any atom is 0.220 e. The van der Waals surface area contributed by atoms with Gasteiger partial charge in [-0.05, 0) is 77.0 Å². The number of aliphatic hydroxyl groups is 11. The Morgan fingerprint density at radius 3 is 1.05 bits per heavy atom. The Morgan fingerprint density at radius 1 is 0.356 bits per heavy atom.